The standard InChI is InChI=1S/C22H20O/c23-22-15-20(17-9-5-2-6-10-17)13-19-12-11-18(14-21(19)22)16-7-3-1-4-8-16/h1-12,14,20,22-23H,13,15H2/t20-,22-/m0/s1. The third-order valence-corrected chi connectivity index (χ3v) is 4.86. The summed E-state index contributed by atoms with van der Waals surface area (Å²) in [6.07, 6.45) is 1.42. The van der Waals surface area contributed by atoms with Gasteiger partial charge in [-0.2, -0.15) is 0 Å². The second kappa shape index (κ2) is 6.02. The Balaban J connectivity index is 1.68. The van der Waals surface area contributed by atoms with E-state index in [0.29, 0.717) is 5.92 Å². The molecule has 0 fully saturated rings. The molecule has 1 aliphatic carbocycles. The first-order chi connectivity index (χ1) is 11.3. The van der Waals surface area contributed by atoms with Gasteiger partial charge in [0, 0.05) is 0 Å². The SMILES string of the molecule is O[C@H]1C[C@@H](c2ccccc2)Cc2ccc(-c3ccccc3)cc21. The van der Waals surface area contributed by atoms with E-state index in [9.17, 15) is 5.11 Å². The van der Waals surface area contributed by atoms with Gasteiger partial charge in [0.2, 0.25) is 0 Å². The molecule has 3 aromatic carbocycles. The van der Waals surface area contributed by atoms with Crippen molar-refractivity contribution in [2.24, 2.45) is 0 Å². The van der Waals surface area contributed by atoms with Gasteiger partial charge in [0.15, 0.2) is 0 Å². The van der Waals surface area contributed by atoms with Crippen molar-refractivity contribution in [3.05, 3.63) is 95.6 Å². The maximum absolute atomic E-state index is 10.7. The molecule has 0 amide bonds. The Labute approximate surface area is 137 Å². The van der Waals surface area contributed by atoms with Crippen LogP contribution in [0.15, 0.2) is 78.9 Å². The third-order valence-electron chi connectivity index (χ3n) is 4.86. The lowest BCUT2D eigenvalue weighted by Gasteiger charge is -2.29. The molecule has 114 valence electrons. The topological polar surface area (TPSA) is 20.2 Å². The monoisotopic (exact) mass is 300 g/mol. The minimum Gasteiger partial charge on any atom is -0.388 e. The second-order valence-electron chi connectivity index (χ2n) is 6.34. The van der Waals surface area contributed by atoms with E-state index < -0.39 is 0 Å². The van der Waals surface area contributed by atoms with Crippen LogP contribution in [-0.2, 0) is 6.42 Å². The molecule has 2 atom stereocenters. The minimum absolute atomic E-state index is 0.382. The van der Waals surface area contributed by atoms with Crippen LogP contribution in [-0.4, -0.2) is 5.11 Å². The van der Waals surface area contributed by atoms with Crippen molar-refractivity contribution in [1.82, 2.24) is 0 Å². The van der Waals surface area contributed by atoms with E-state index in [1.165, 1.54) is 22.3 Å². The Morgan fingerprint density at radius 3 is 2.17 bits per heavy atom. The summed E-state index contributed by atoms with van der Waals surface area (Å²) in [6, 6.07) is 27.4. The fourth-order valence-corrected chi connectivity index (χ4v) is 3.63. The molecular formula is C22H20O. The van der Waals surface area contributed by atoms with Crippen molar-refractivity contribution in [2.75, 3.05) is 0 Å². The minimum atomic E-state index is -0.382. The van der Waals surface area contributed by atoms with Crippen molar-refractivity contribution >= 4 is 0 Å². The Kier molecular flexibility index (Phi) is 3.72. The zero-order valence-electron chi connectivity index (χ0n) is 13.0. The first-order valence-electron chi connectivity index (χ1n) is 8.22. The van der Waals surface area contributed by atoms with Crippen LogP contribution < -0.4 is 0 Å². The van der Waals surface area contributed by atoms with Gasteiger partial charge in [-0.05, 0) is 52.6 Å². The summed E-state index contributed by atoms with van der Waals surface area (Å²) in [5, 5.41) is 10.7. The molecule has 1 nitrogen and oxygen atoms in total. The third kappa shape index (κ3) is 2.80. The summed E-state index contributed by atoms with van der Waals surface area (Å²) in [5.41, 5.74) is 6.08. The van der Waals surface area contributed by atoms with Crippen molar-refractivity contribution < 1.29 is 5.11 Å². The van der Waals surface area contributed by atoms with Gasteiger partial charge in [-0.1, -0.05) is 72.8 Å². The van der Waals surface area contributed by atoms with E-state index in [2.05, 4.69) is 66.7 Å². The van der Waals surface area contributed by atoms with Gasteiger partial charge < -0.3 is 5.11 Å². The zero-order valence-corrected chi connectivity index (χ0v) is 13.0. The summed E-state index contributed by atoms with van der Waals surface area (Å²) in [7, 11) is 0. The lowest BCUT2D eigenvalue weighted by Crippen LogP contribution is -2.17. The van der Waals surface area contributed by atoms with Crippen molar-refractivity contribution in [3.8, 4) is 11.1 Å². The normalized spacial score (nSPS) is 20.0. The molecular weight excluding hydrogens is 280 g/mol. The highest BCUT2D eigenvalue weighted by Crippen LogP contribution is 2.40. The Bertz CT molecular complexity index is 793. The maximum Gasteiger partial charge on any atom is 0.0798 e. The number of hydrogen-bond acceptors (Lipinski definition) is 1. The highest BCUT2D eigenvalue weighted by molar-refractivity contribution is 5.65. The number of hydrogen-bond donors (Lipinski definition) is 1. The van der Waals surface area contributed by atoms with E-state index in [1.807, 2.05) is 12.1 Å². The second-order valence-corrected chi connectivity index (χ2v) is 6.34. The molecule has 23 heavy (non-hydrogen) atoms. The molecule has 0 heterocycles. The van der Waals surface area contributed by atoms with Gasteiger partial charge in [-0.3, -0.25) is 0 Å². The average molecular weight is 300 g/mol. The molecule has 0 radical (unpaired) electrons. The van der Waals surface area contributed by atoms with Crippen molar-refractivity contribution in [2.45, 2.75) is 24.9 Å². The predicted molar refractivity (Wildman–Crippen MR) is 94.3 cm³/mol. The van der Waals surface area contributed by atoms with E-state index in [0.717, 1.165) is 18.4 Å². The van der Waals surface area contributed by atoms with Crippen LogP contribution in [0.3, 0.4) is 0 Å². The van der Waals surface area contributed by atoms with E-state index in [-0.39, 0.29) is 6.10 Å². The fourth-order valence-electron chi connectivity index (χ4n) is 3.63. The van der Waals surface area contributed by atoms with Gasteiger partial charge in [0.1, 0.15) is 0 Å². The molecule has 0 bridgehead atoms. The van der Waals surface area contributed by atoms with Gasteiger partial charge in [0.05, 0.1) is 6.10 Å². The van der Waals surface area contributed by atoms with Gasteiger partial charge >= 0.3 is 0 Å². The van der Waals surface area contributed by atoms with Gasteiger partial charge in [-0.25, -0.2) is 0 Å². The summed E-state index contributed by atoms with van der Waals surface area (Å²) in [6.45, 7) is 0. The molecule has 0 spiro atoms. The van der Waals surface area contributed by atoms with Gasteiger partial charge in [-0.15, -0.1) is 0 Å². The van der Waals surface area contributed by atoms with Crippen LogP contribution in [0.25, 0.3) is 11.1 Å². The first kappa shape index (κ1) is 14.2. The first-order valence-corrected chi connectivity index (χ1v) is 8.22. The molecule has 0 aromatic heterocycles. The van der Waals surface area contributed by atoms with Crippen LogP contribution in [0, 0.1) is 0 Å². The number of aliphatic hydroxyl groups is 1. The summed E-state index contributed by atoms with van der Waals surface area (Å²) < 4.78 is 0. The average Bonchev–Trinajstić information content (AvgIpc) is 2.63. The van der Waals surface area contributed by atoms with Crippen molar-refractivity contribution in [3.63, 3.8) is 0 Å². The quantitative estimate of drug-likeness (QED) is 0.696. The van der Waals surface area contributed by atoms with E-state index in [1.54, 1.807) is 0 Å². The number of benzene rings is 3. The Hall–Kier alpha value is -2.38. The summed E-state index contributed by atoms with van der Waals surface area (Å²) >= 11 is 0. The highest BCUT2D eigenvalue weighted by atomic mass is 16.3. The van der Waals surface area contributed by atoms with Crippen LogP contribution in [0.2, 0.25) is 0 Å². The zero-order chi connectivity index (χ0) is 15.6. The van der Waals surface area contributed by atoms with E-state index in [4.69, 9.17) is 0 Å². The molecule has 3 aromatic rings. The Morgan fingerprint density at radius 2 is 1.43 bits per heavy atom. The molecule has 4 rings (SSSR count). The maximum atomic E-state index is 10.7. The summed E-state index contributed by atoms with van der Waals surface area (Å²) in [4.78, 5) is 0. The predicted octanol–water partition coefficient (Wildman–Crippen LogP) is 5.12. The molecule has 0 saturated heterocycles. The van der Waals surface area contributed by atoms with E-state index >= 15 is 0 Å². The summed E-state index contributed by atoms with van der Waals surface area (Å²) in [5.74, 6) is 0.404. The Morgan fingerprint density at radius 1 is 0.739 bits per heavy atom. The van der Waals surface area contributed by atoms with Crippen LogP contribution in [0.1, 0.15) is 35.1 Å². The lowest BCUT2D eigenvalue weighted by atomic mass is 9.78. The molecule has 1 aliphatic rings. The fraction of sp³-hybridized carbons (Fsp3) is 0.182. The molecule has 0 unspecified atom stereocenters. The van der Waals surface area contributed by atoms with Crippen LogP contribution >= 0.6 is 0 Å². The molecule has 0 aliphatic heterocycles. The number of rotatable bonds is 2. The lowest BCUT2D eigenvalue weighted by molar-refractivity contribution is 0.147. The van der Waals surface area contributed by atoms with Gasteiger partial charge in [0.25, 0.3) is 0 Å². The van der Waals surface area contributed by atoms with Crippen LogP contribution in [0.5, 0.6) is 0 Å². The largest absolute Gasteiger partial charge is 0.388 e. The number of fused-ring (bicyclic) bond motifs is 1. The molecule has 1 heteroatoms. The smallest absolute Gasteiger partial charge is 0.0798 e. The van der Waals surface area contributed by atoms with Crippen LogP contribution in [0.4, 0.5) is 0 Å². The highest BCUT2D eigenvalue weighted by Gasteiger charge is 2.26. The number of aliphatic hydroxyl groups excluding tert-OH is 1. The van der Waals surface area contributed by atoms with Crippen molar-refractivity contribution in [1.29, 1.82) is 0 Å². The molecule has 1 N–H and O–H groups in total. The molecule has 0 saturated carbocycles.